The Bertz CT molecular complexity index is 1810. The summed E-state index contributed by atoms with van der Waals surface area (Å²) < 4.78 is 7.87. The van der Waals surface area contributed by atoms with Gasteiger partial charge in [0.15, 0.2) is 5.17 Å². The maximum atomic E-state index is 13.1. The minimum Gasteiger partial charge on any atom is -0.489 e. The molecule has 1 aromatic heterocycles. The number of amides is 1. The highest BCUT2D eigenvalue weighted by atomic mass is 32.2. The number of hydrogen-bond acceptors (Lipinski definition) is 6. The van der Waals surface area contributed by atoms with Crippen molar-refractivity contribution >= 4 is 28.9 Å². The molecule has 0 atom stereocenters. The Balaban J connectivity index is 1.08. The lowest BCUT2D eigenvalue weighted by Crippen LogP contribution is -2.47. The average molecular weight is 612 g/mol. The zero-order valence-electron chi connectivity index (χ0n) is 24.8. The van der Waals surface area contributed by atoms with E-state index in [1.807, 2.05) is 108 Å². The molecule has 5 aromatic rings. The second-order valence-electron chi connectivity index (χ2n) is 11.1. The molecule has 0 N–H and O–H groups in total. The molecule has 8 heteroatoms. The van der Waals surface area contributed by atoms with Crippen molar-refractivity contribution in [3.05, 3.63) is 143 Å². The first-order valence-electron chi connectivity index (χ1n) is 15.1. The molecule has 0 radical (unpaired) electrons. The number of rotatable bonds is 8. The number of carbonyl (C=O) groups excluding carboxylic acids is 1. The minimum atomic E-state index is -0.204. The van der Waals surface area contributed by atoms with Crippen LogP contribution in [0.2, 0.25) is 0 Å². The van der Waals surface area contributed by atoms with Crippen LogP contribution >= 0.6 is 11.8 Å². The molecular weight excluding hydrogens is 579 g/mol. The van der Waals surface area contributed by atoms with Crippen molar-refractivity contribution in [2.45, 2.75) is 13.2 Å². The topological polar surface area (TPSA) is 63.0 Å². The summed E-state index contributed by atoms with van der Waals surface area (Å²) in [6.45, 7) is 4.99. The van der Waals surface area contributed by atoms with Crippen LogP contribution in [0.4, 0.5) is 0 Å². The first kappa shape index (κ1) is 28.8. The lowest BCUT2D eigenvalue weighted by atomic mass is 10.1. The number of nitrogens with zero attached hydrogens (tertiary/aromatic N) is 5. The van der Waals surface area contributed by atoms with Gasteiger partial charge in [0.05, 0.1) is 16.3 Å². The average Bonchev–Trinajstić information content (AvgIpc) is 3.69. The summed E-state index contributed by atoms with van der Waals surface area (Å²) in [5.41, 5.74) is 5.97. The van der Waals surface area contributed by atoms with E-state index in [0.717, 1.165) is 71.7 Å². The fraction of sp³-hybridized carbons (Fsp3) is 0.162. The molecule has 0 unspecified atom stereocenters. The number of thioether (sulfide) groups is 1. The highest BCUT2D eigenvalue weighted by Crippen LogP contribution is 2.34. The molecular formula is C37H33N5O2S. The van der Waals surface area contributed by atoms with Gasteiger partial charge < -0.3 is 9.64 Å². The van der Waals surface area contributed by atoms with Crippen LogP contribution in [-0.2, 0) is 17.9 Å². The molecule has 0 aliphatic carbocycles. The van der Waals surface area contributed by atoms with E-state index in [9.17, 15) is 4.79 Å². The number of aliphatic imine (C=N–C) groups is 1. The van der Waals surface area contributed by atoms with Crippen molar-refractivity contribution in [2.24, 2.45) is 4.99 Å². The molecule has 0 saturated carbocycles. The number of aromatic nitrogens is 2. The number of carbonyl (C=O) groups is 1. The van der Waals surface area contributed by atoms with Gasteiger partial charge >= 0.3 is 0 Å². The Hall–Kier alpha value is -4.92. The lowest BCUT2D eigenvalue weighted by Gasteiger charge is -2.35. The van der Waals surface area contributed by atoms with E-state index in [0.29, 0.717) is 11.5 Å². The van der Waals surface area contributed by atoms with E-state index in [1.165, 1.54) is 17.3 Å². The molecule has 45 heavy (non-hydrogen) atoms. The molecule has 7 rings (SSSR count). The summed E-state index contributed by atoms with van der Waals surface area (Å²) in [5.74, 6) is 0.582. The van der Waals surface area contributed by atoms with E-state index in [-0.39, 0.29) is 5.91 Å². The van der Waals surface area contributed by atoms with E-state index in [4.69, 9.17) is 9.84 Å². The van der Waals surface area contributed by atoms with E-state index in [1.54, 1.807) is 0 Å². The van der Waals surface area contributed by atoms with Gasteiger partial charge in [0, 0.05) is 50.0 Å². The normalized spacial score (nSPS) is 16.3. The maximum absolute atomic E-state index is 13.1. The van der Waals surface area contributed by atoms with Gasteiger partial charge in [-0.1, -0.05) is 78.9 Å². The summed E-state index contributed by atoms with van der Waals surface area (Å²) in [7, 11) is 0. The van der Waals surface area contributed by atoms with Crippen molar-refractivity contribution in [2.75, 3.05) is 26.2 Å². The molecule has 7 nitrogen and oxygen atoms in total. The van der Waals surface area contributed by atoms with Crippen molar-refractivity contribution in [1.82, 2.24) is 19.6 Å². The third-order valence-corrected chi connectivity index (χ3v) is 8.97. The first-order valence-corrected chi connectivity index (χ1v) is 16.0. The number of para-hydroxylation sites is 1. The van der Waals surface area contributed by atoms with Gasteiger partial charge in [0.2, 0.25) is 0 Å². The van der Waals surface area contributed by atoms with Crippen LogP contribution in [-0.4, -0.2) is 56.8 Å². The fourth-order valence-corrected chi connectivity index (χ4v) is 6.45. The van der Waals surface area contributed by atoms with Crippen molar-refractivity contribution in [3.63, 3.8) is 0 Å². The van der Waals surface area contributed by atoms with Gasteiger partial charge in [-0.25, -0.2) is 4.68 Å². The monoisotopic (exact) mass is 611 g/mol. The van der Waals surface area contributed by atoms with E-state index >= 15 is 0 Å². The molecule has 2 aliphatic rings. The second-order valence-corrected chi connectivity index (χ2v) is 12.1. The molecule has 4 aromatic carbocycles. The maximum Gasteiger partial charge on any atom is 0.286 e. The fourth-order valence-electron chi connectivity index (χ4n) is 5.49. The van der Waals surface area contributed by atoms with E-state index in [2.05, 4.69) is 39.1 Å². The lowest BCUT2D eigenvalue weighted by molar-refractivity contribution is -0.113. The Morgan fingerprint density at radius 2 is 1.40 bits per heavy atom. The summed E-state index contributed by atoms with van der Waals surface area (Å²) in [6.07, 6.45) is 3.91. The van der Waals surface area contributed by atoms with Gasteiger partial charge in [-0.05, 0) is 65.4 Å². The van der Waals surface area contributed by atoms with Gasteiger partial charge in [0.1, 0.15) is 12.4 Å². The van der Waals surface area contributed by atoms with Crippen LogP contribution in [0.5, 0.6) is 5.75 Å². The third kappa shape index (κ3) is 6.93. The van der Waals surface area contributed by atoms with Crippen LogP contribution in [0.1, 0.15) is 16.7 Å². The predicted molar refractivity (Wildman–Crippen MR) is 181 cm³/mol. The van der Waals surface area contributed by atoms with Crippen LogP contribution in [0.25, 0.3) is 23.0 Å². The smallest absolute Gasteiger partial charge is 0.286 e. The zero-order valence-corrected chi connectivity index (χ0v) is 25.6. The number of ether oxygens (including phenoxy) is 1. The molecule has 1 amide bonds. The molecule has 0 bridgehead atoms. The van der Waals surface area contributed by atoms with Crippen LogP contribution in [0.15, 0.2) is 131 Å². The van der Waals surface area contributed by atoms with Crippen molar-refractivity contribution < 1.29 is 9.53 Å². The summed E-state index contributed by atoms with van der Waals surface area (Å²) in [6, 6.07) is 38.6. The van der Waals surface area contributed by atoms with Crippen LogP contribution in [0, 0.1) is 0 Å². The third-order valence-electron chi connectivity index (χ3n) is 7.93. The highest BCUT2D eigenvalue weighted by molar-refractivity contribution is 8.18. The van der Waals surface area contributed by atoms with Crippen LogP contribution in [0.3, 0.4) is 0 Å². The Labute approximate surface area is 267 Å². The Morgan fingerprint density at radius 1 is 0.756 bits per heavy atom. The van der Waals surface area contributed by atoms with E-state index < -0.39 is 0 Å². The van der Waals surface area contributed by atoms with Crippen LogP contribution < -0.4 is 4.74 Å². The Morgan fingerprint density at radius 3 is 2.09 bits per heavy atom. The molecule has 224 valence electrons. The number of hydrogen-bond donors (Lipinski definition) is 0. The second kappa shape index (κ2) is 13.4. The van der Waals surface area contributed by atoms with Crippen molar-refractivity contribution in [3.8, 4) is 22.7 Å². The first-order chi connectivity index (χ1) is 22.2. The quantitative estimate of drug-likeness (QED) is 0.178. The molecule has 0 spiro atoms. The van der Waals surface area contributed by atoms with Gasteiger partial charge in [-0.2, -0.15) is 10.1 Å². The predicted octanol–water partition coefficient (Wildman–Crippen LogP) is 6.91. The highest BCUT2D eigenvalue weighted by Gasteiger charge is 2.29. The molecule has 1 fully saturated rings. The summed E-state index contributed by atoms with van der Waals surface area (Å²) in [4.78, 5) is 22.9. The van der Waals surface area contributed by atoms with Gasteiger partial charge in [0.25, 0.3) is 5.91 Å². The standard InChI is InChI=1S/C37H33N5O2S/c43-36-34(45-37(38-36)41-22-20-40(21-23-41)25-28-10-4-1-5-11-28)24-31-26-42(32-14-8-3-9-15-32)39-35(31)30-16-18-33(19-17-30)44-27-29-12-6-2-7-13-29/h1-19,24,26H,20-23,25,27H2. The largest absolute Gasteiger partial charge is 0.489 e. The number of piperazine rings is 1. The van der Waals surface area contributed by atoms with Gasteiger partial charge in [-0.15, -0.1) is 0 Å². The summed E-state index contributed by atoms with van der Waals surface area (Å²) >= 11 is 1.45. The van der Waals surface area contributed by atoms with Crippen molar-refractivity contribution in [1.29, 1.82) is 0 Å². The van der Waals surface area contributed by atoms with Gasteiger partial charge in [-0.3, -0.25) is 9.69 Å². The molecule has 3 heterocycles. The number of benzene rings is 4. The zero-order chi connectivity index (χ0) is 30.4. The summed E-state index contributed by atoms with van der Waals surface area (Å²) in [5, 5.41) is 5.73. The Kier molecular flexibility index (Phi) is 8.57. The molecule has 2 aliphatic heterocycles. The SMILES string of the molecule is O=C1N=C(N2CCN(Cc3ccccc3)CC2)SC1=Cc1cn(-c2ccccc2)nc1-c1ccc(OCc2ccccc2)cc1. The molecule has 1 saturated heterocycles. The number of amidine groups is 1. The minimum absolute atomic E-state index is 0.204.